The minimum absolute atomic E-state index is 0.195. The second-order valence-electron chi connectivity index (χ2n) is 8.23. The third-order valence-electron chi connectivity index (χ3n) is 5.44. The van der Waals surface area contributed by atoms with Crippen LogP contribution in [-0.4, -0.2) is 12.8 Å². The summed E-state index contributed by atoms with van der Waals surface area (Å²) in [5.41, 5.74) is 5.53. The summed E-state index contributed by atoms with van der Waals surface area (Å²) in [5, 5.41) is 0. The zero-order valence-corrected chi connectivity index (χ0v) is 19.2. The number of nitrogens with zero attached hydrogens (tertiary/aromatic N) is 1. The van der Waals surface area contributed by atoms with Crippen LogP contribution in [0.2, 0.25) is 0 Å². The highest BCUT2D eigenvalue weighted by atomic mass is 19.4. The molecule has 4 aromatic carbocycles. The summed E-state index contributed by atoms with van der Waals surface area (Å²) in [4.78, 5) is 2.35. The first-order valence-corrected chi connectivity index (χ1v) is 11.4. The molecule has 0 aliphatic carbocycles. The van der Waals surface area contributed by atoms with Crippen LogP contribution >= 0.6 is 0 Å². The van der Waals surface area contributed by atoms with E-state index in [-0.39, 0.29) is 5.75 Å². The van der Waals surface area contributed by atoms with Crippen LogP contribution in [0.3, 0.4) is 0 Å². The minimum atomic E-state index is -4.34. The summed E-state index contributed by atoms with van der Waals surface area (Å²) in [6, 6.07) is 35.7. The van der Waals surface area contributed by atoms with Gasteiger partial charge < -0.3 is 9.64 Å². The Morgan fingerprint density at radius 3 is 1.51 bits per heavy atom. The third kappa shape index (κ3) is 7.78. The Morgan fingerprint density at radius 1 is 0.600 bits per heavy atom. The molecular formula is C30H26F3NO. The number of anilines is 1. The van der Waals surface area contributed by atoms with Gasteiger partial charge in [-0.15, -0.1) is 0 Å². The molecule has 35 heavy (non-hydrogen) atoms. The van der Waals surface area contributed by atoms with Crippen LogP contribution < -0.4 is 9.64 Å². The van der Waals surface area contributed by atoms with Crippen molar-refractivity contribution in [1.82, 2.24) is 0 Å². The Labute approximate surface area is 203 Å². The van der Waals surface area contributed by atoms with Crippen LogP contribution in [0.5, 0.6) is 5.75 Å². The van der Waals surface area contributed by atoms with Gasteiger partial charge in [0, 0.05) is 18.8 Å². The van der Waals surface area contributed by atoms with Gasteiger partial charge in [0.15, 0.2) is 6.61 Å². The summed E-state index contributed by atoms with van der Waals surface area (Å²) >= 11 is 0. The fraction of sp³-hybridized carbons (Fsp3) is 0.133. The molecule has 0 aromatic heterocycles. The zero-order valence-electron chi connectivity index (χ0n) is 19.2. The number of hydrogen-bond acceptors (Lipinski definition) is 2. The summed E-state index contributed by atoms with van der Waals surface area (Å²) in [6.45, 7) is 0.307. The molecule has 0 unspecified atom stereocenters. The number of hydrogen-bond donors (Lipinski definition) is 0. The van der Waals surface area contributed by atoms with Crippen molar-refractivity contribution in [3.05, 3.63) is 131 Å². The molecule has 0 bridgehead atoms. The smallest absolute Gasteiger partial charge is 0.422 e. The van der Waals surface area contributed by atoms with Crippen molar-refractivity contribution in [2.45, 2.75) is 19.3 Å². The van der Waals surface area contributed by atoms with Crippen LogP contribution in [0, 0.1) is 0 Å². The van der Waals surface area contributed by atoms with Crippen LogP contribution in [0.15, 0.2) is 109 Å². The highest BCUT2D eigenvalue weighted by Gasteiger charge is 2.28. The average Bonchev–Trinajstić information content (AvgIpc) is 2.88. The van der Waals surface area contributed by atoms with Crippen molar-refractivity contribution in [2.75, 3.05) is 11.5 Å². The van der Waals surface area contributed by atoms with E-state index in [4.69, 9.17) is 4.74 Å². The molecule has 0 N–H and O–H groups in total. The molecule has 0 amide bonds. The van der Waals surface area contributed by atoms with Crippen molar-refractivity contribution < 1.29 is 17.9 Å². The first-order chi connectivity index (χ1) is 16.9. The van der Waals surface area contributed by atoms with Crippen molar-refractivity contribution in [1.29, 1.82) is 0 Å². The first kappa shape index (κ1) is 24.1. The predicted octanol–water partition coefficient (Wildman–Crippen LogP) is 8.00. The molecule has 0 fully saturated rings. The van der Waals surface area contributed by atoms with Gasteiger partial charge in [-0.2, -0.15) is 13.2 Å². The van der Waals surface area contributed by atoms with E-state index in [0.29, 0.717) is 0 Å². The van der Waals surface area contributed by atoms with Crippen LogP contribution in [0.1, 0.15) is 22.3 Å². The lowest BCUT2D eigenvalue weighted by Gasteiger charge is -2.25. The Kier molecular flexibility index (Phi) is 7.88. The van der Waals surface area contributed by atoms with E-state index >= 15 is 0 Å². The van der Waals surface area contributed by atoms with Gasteiger partial charge in [0.25, 0.3) is 0 Å². The molecule has 0 aliphatic rings. The Balaban J connectivity index is 1.44. The van der Waals surface area contributed by atoms with Gasteiger partial charge >= 0.3 is 6.18 Å². The van der Waals surface area contributed by atoms with E-state index in [1.165, 1.54) is 11.1 Å². The summed E-state index contributed by atoms with van der Waals surface area (Å²) in [5.74, 6) is 0.195. The number of benzene rings is 4. The maximum atomic E-state index is 12.3. The van der Waals surface area contributed by atoms with E-state index in [1.807, 2.05) is 24.3 Å². The van der Waals surface area contributed by atoms with Gasteiger partial charge in [0.05, 0.1) is 0 Å². The van der Waals surface area contributed by atoms with Gasteiger partial charge in [-0.3, -0.25) is 0 Å². The number of halogens is 3. The Morgan fingerprint density at radius 2 is 1.06 bits per heavy atom. The van der Waals surface area contributed by atoms with Crippen LogP contribution in [-0.2, 0) is 13.1 Å². The van der Waals surface area contributed by atoms with Gasteiger partial charge in [-0.1, -0.05) is 97.1 Å². The van der Waals surface area contributed by atoms with Crippen molar-refractivity contribution in [2.24, 2.45) is 0 Å². The van der Waals surface area contributed by atoms with E-state index in [9.17, 15) is 13.2 Å². The first-order valence-electron chi connectivity index (χ1n) is 11.4. The fourth-order valence-corrected chi connectivity index (χ4v) is 3.68. The molecule has 4 rings (SSSR count). The third-order valence-corrected chi connectivity index (χ3v) is 5.44. The second-order valence-corrected chi connectivity index (χ2v) is 8.23. The van der Waals surface area contributed by atoms with Gasteiger partial charge in [-0.05, 0) is 46.5 Å². The molecule has 0 spiro atoms. The van der Waals surface area contributed by atoms with Crippen LogP contribution in [0.4, 0.5) is 18.9 Å². The Bertz CT molecular complexity index is 1160. The highest BCUT2D eigenvalue weighted by Crippen LogP contribution is 2.23. The van der Waals surface area contributed by atoms with Gasteiger partial charge in [0.1, 0.15) is 5.75 Å². The minimum Gasteiger partial charge on any atom is -0.484 e. The lowest BCUT2D eigenvalue weighted by molar-refractivity contribution is -0.153. The standard InChI is InChI=1S/C30H26F3NO/c31-30(32,33)23-35-29-19-15-25(16-20-29)12-11-24-13-17-28(18-14-24)34(21-26-7-3-1-4-8-26)22-27-9-5-2-6-10-27/h1-20H,21-23H2. The molecule has 0 saturated carbocycles. The molecular weight excluding hydrogens is 447 g/mol. The number of rotatable bonds is 9. The highest BCUT2D eigenvalue weighted by molar-refractivity contribution is 5.70. The molecule has 2 nitrogen and oxygen atoms in total. The van der Waals surface area contributed by atoms with E-state index in [2.05, 4.69) is 77.7 Å². The SMILES string of the molecule is FC(F)(F)COc1ccc(C=Cc2ccc(N(Cc3ccccc3)Cc3ccccc3)cc2)cc1. The predicted molar refractivity (Wildman–Crippen MR) is 136 cm³/mol. The summed E-state index contributed by atoms with van der Waals surface area (Å²) < 4.78 is 41.6. The number of alkyl halides is 3. The lowest BCUT2D eigenvalue weighted by atomic mass is 10.1. The summed E-state index contributed by atoms with van der Waals surface area (Å²) in [6.07, 6.45) is -0.440. The summed E-state index contributed by atoms with van der Waals surface area (Å²) in [7, 11) is 0. The molecule has 4 aromatic rings. The molecule has 0 atom stereocenters. The lowest BCUT2D eigenvalue weighted by Crippen LogP contribution is -2.22. The number of ether oxygens (including phenoxy) is 1. The van der Waals surface area contributed by atoms with Crippen molar-refractivity contribution in [3.63, 3.8) is 0 Å². The quantitative estimate of drug-likeness (QED) is 0.228. The second kappa shape index (κ2) is 11.4. The molecule has 0 heterocycles. The molecule has 178 valence electrons. The Hall–Kier alpha value is -3.99. The normalized spacial score (nSPS) is 11.5. The van der Waals surface area contributed by atoms with Gasteiger partial charge in [-0.25, -0.2) is 0 Å². The molecule has 5 heteroatoms. The van der Waals surface area contributed by atoms with Gasteiger partial charge in [0.2, 0.25) is 0 Å². The van der Waals surface area contributed by atoms with E-state index < -0.39 is 12.8 Å². The monoisotopic (exact) mass is 473 g/mol. The maximum Gasteiger partial charge on any atom is 0.422 e. The fourth-order valence-electron chi connectivity index (χ4n) is 3.68. The largest absolute Gasteiger partial charge is 0.484 e. The van der Waals surface area contributed by atoms with Crippen LogP contribution in [0.25, 0.3) is 12.2 Å². The van der Waals surface area contributed by atoms with Crippen molar-refractivity contribution >= 4 is 17.8 Å². The molecule has 0 saturated heterocycles. The molecule has 0 aliphatic heterocycles. The van der Waals surface area contributed by atoms with Crippen molar-refractivity contribution in [3.8, 4) is 5.75 Å². The molecule has 0 radical (unpaired) electrons. The van der Waals surface area contributed by atoms with E-state index in [0.717, 1.165) is 29.9 Å². The zero-order chi connectivity index (χ0) is 24.5. The average molecular weight is 474 g/mol. The van der Waals surface area contributed by atoms with E-state index in [1.54, 1.807) is 24.3 Å². The maximum absolute atomic E-state index is 12.3. The topological polar surface area (TPSA) is 12.5 Å².